The summed E-state index contributed by atoms with van der Waals surface area (Å²) >= 11 is 5.82. The lowest BCUT2D eigenvalue weighted by molar-refractivity contribution is 0.0587. The lowest BCUT2D eigenvalue weighted by Crippen LogP contribution is -2.43. The average molecular weight is 307 g/mol. The highest BCUT2D eigenvalue weighted by molar-refractivity contribution is 6.29. The SMILES string of the molecule is CCC1CCC(N(C(=O)c2ccc(Cl)nc2)C2CC2)CC1. The van der Waals surface area contributed by atoms with Gasteiger partial charge in [-0.05, 0) is 56.6 Å². The molecule has 2 aliphatic carbocycles. The number of hydrogen-bond acceptors (Lipinski definition) is 2. The Labute approximate surface area is 131 Å². The van der Waals surface area contributed by atoms with Crippen molar-refractivity contribution < 1.29 is 4.79 Å². The first-order valence-electron chi connectivity index (χ1n) is 8.13. The maximum absolute atomic E-state index is 12.8. The molecule has 3 rings (SSSR count). The Balaban J connectivity index is 1.72. The minimum atomic E-state index is 0.140. The smallest absolute Gasteiger partial charge is 0.255 e. The Morgan fingerprint density at radius 2 is 1.81 bits per heavy atom. The number of nitrogens with zero attached hydrogens (tertiary/aromatic N) is 2. The van der Waals surface area contributed by atoms with Crippen LogP contribution < -0.4 is 0 Å². The summed E-state index contributed by atoms with van der Waals surface area (Å²) in [5.41, 5.74) is 0.670. The van der Waals surface area contributed by atoms with Crippen molar-refractivity contribution in [3.8, 4) is 0 Å². The topological polar surface area (TPSA) is 33.2 Å². The van der Waals surface area contributed by atoms with Crippen molar-refractivity contribution in [3.05, 3.63) is 29.0 Å². The molecule has 3 nitrogen and oxygen atoms in total. The van der Waals surface area contributed by atoms with E-state index in [1.54, 1.807) is 18.3 Å². The molecule has 1 aromatic rings. The van der Waals surface area contributed by atoms with Gasteiger partial charge < -0.3 is 4.90 Å². The third-order valence-corrected chi connectivity index (χ3v) is 5.16. The second kappa shape index (κ2) is 6.35. The number of carbonyl (C=O) groups is 1. The van der Waals surface area contributed by atoms with Gasteiger partial charge in [-0.15, -0.1) is 0 Å². The van der Waals surface area contributed by atoms with E-state index in [1.807, 2.05) is 0 Å². The zero-order valence-corrected chi connectivity index (χ0v) is 13.4. The van der Waals surface area contributed by atoms with E-state index in [9.17, 15) is 4.79 Å². The van der Waals surface area contributed by atoms with Crippen LogP contribution >= 0.6 is 11.6 Å². The van der Waals surface area contributed by atoms with Gasteiger partial charge in [0, 0.05) is 18.3 Å². The average Bonchev–Trinajstić information content (AvgIpc) is 3.33. The number of aromatic nitrogens is 1. The van der Waals surface area contributed by atoms with E-state index in [-0.39, 0.29) is 5.91 Å². The fraction of sp³-hybridized carbons (Fsp3) is 0.647. The monoisotopic (exact) mass is 306 g/mol. The zero-order valence-electron chi connectivity index (χ0n) is 12.6. The fourth-order valence-corrected chi connectivity index (χ4v) is 3.58. The van der Waals surface area contributed by atoms with Gasteiger partial charge in [-0.25, -0.2) is 4.98 Å². The Bertz CT molecular complexity index is 490. The van der Waals surface area contributed by atoms with Gasteiger partial charge in [0.1, 0.15) is 5.15 Å². The molecule has 4 heteroatoms. The highest BCUT2D eigenvalue weighted by atomic mass is 35.5. The van der Waals surface area contributed by atoms with Gasteiger partial charge in [0.25, 0.3) is 5.91 Å². The fourth-order valence-electron chi connectivity index (χ4n) is 3.47. The Morgan fingerprint density at radius 3 is 2.29 bits per heavy atom. The van der Waals surface area contributed by atoms with Gasteiger partial charge in [-0.3, -0.25) is 4.79 Å². The number of pyridine rings is 1. The van der Waals surface area contributed by atoms with Crippen LogP contribution in [0.4, 0.5) is 0 Å². The summed E-state index contributed by atoms with van der Waals surface area (Å²) in [5.74, 6) is 0.996. The molecule has 0 aliphatic heterocycles. The molecular weight excluding hydrogens is 284 g/mol. The summed E-state index contributed by atoms with van der Waals surface area (Å²) in [6.07, 6.45) is 10.0. The highest BCUT2D eigenvalue weighted by Crippen LogP contribution is 2.37. The van der Waals surface area contributed by atoms with Gasteiger partial charge in [0.15, 0.2) is 0 Å². The second-order valence-corrected chi connectivity index (χ2v) is 6.78. The first-order chi connectivity index (χ1) is 10.2. The van der Waals surface area contributed by atoms with Crippen LogP contribution in [0.15, 0.2) is 18.3 Å². The van der Waals surface area contributed by atoms with Crippen LogP contribution in [0.25, 0.3) is 0 Å². The molecule has 0 atom stereocenters. The molecule has 2 fully saturated rings. The molecular formula is C17H23ClN2O. The molecule has 0 radical (unpaired) electrons. The van der Waals surface area contributed by atoms with Crippen LogP contribution in [0.5, 0.6) is 0 Å². The van der Waals surface area contributed by atoms with Crippen LogP contribution in [0.3, 0.4) is 0 Å². The van der Waals surface area contributed by atoms with Gasteiger partial charge in [-0.2, -0.15) is 0 Å². The summed E-state index contributed by atoms with van der Waals surface area (Å²) < 4.78 is 0. The number of hydrogen-bond donors (Lipinski definition) is 0. The Hall–Kier alpha value is -1.09. The first-order valence-corrected chi connectivity index (χ1v) is 8.51. The van der Waals surface area contributed by atoms with Crippen molar-refractivity contribution in [2.45, 2.75) is 64.0 Å². The van der Waals surface area contributed by atoms with Gasteiger partial charge >= 0.3 is 0 Å². The lowest BCUT2D eigenvalue weighted by atomic mass is 9.83. The highest BCUT2D eigenvalue weighted by Gasteiger charge is 2.39. The molecule has 1 aromatic heterocycles. The van der Waals surface area contributed by atoms with E-state index in [1.165, 1.54) is 19.3 Å². The van der Waals surface area contributed by atoms with Crippen LogP contribution in [-0.2, 0) is 0 Å². The molecule has 0 aromatic carbocycles. The van der Waals surface area contributed by atoms with Crippen molar-refractivity contribution in [1.29, 1.82) is 0 Å². The normalized spacial score (nSPS) is 25.6. The Kier molecular flexibility index (Phi) is 4.48. The molecule has 2 aliphatic rings. The summed E-state index contributed by atoms with van der Waals surface area (Å²) in [5, 5.41) is 0.438. The minimum absolute atomic E-state index is 0.140. The summed E-state index contributed by atoms with van der Waals surface area (Å²) in [4.78, 5) is 19.0. The zero-order chi connectivity index (χ0) is 14.8. The largest absolute Gasteiger partial charge is 0.333 e. The molecule has 0 N–H and O–H groups in total. The number of amides is 1. The molecule has 0 unspecified atom stereocenters. The van der Waals surface area contributed by atoms with E-state index in [4.69, 9.17) is 11.6 Å². The van der Waals surface area contributed by atoms with E-state index in [2.05, 4.69) is 16.8 Å². The standard InChI is InChI=1S/C17H23ClN2O/c1-2-12-3-6-14(7-4-12)20(15-8-9-15)17(21)13-5-10-16(18)19-11-13/h5,10-12,14-15H,2-4,6-9H2,1H3. The van der Waals surface area contributed by atoms with Crippen LogP contribution in [-0.4, -0.2) is 27.9 Å². The van der Waals surface area contributed by atoms with Gasteiger partial charge in [0.2, 0.25) is 0 Å². The lowest BCUT2D eigenvalue weighted by Gasteiger charge is -2.37. The molecule has 0 spiro atoms. The van der Waals surface area contributed by atoms with Gasteiger partial charge in [-0.1, -0.05) is 24.9 Å². The predicted octanol–water partition coefficient (Wildman–Crippen LogP) is 4.31. The number of carbonyl (C=O) groups excluding carboxylic acids is 1. The van der Waals surface area contributed by atoms with Crippen LogP contribution in [0.1, 0.15) is 62.2 Å². The third-order valence-electron chi connectivity index (χ3n) is 4.94. The van der Waals surface area contributed by atoms with Crippen molar-refractivity contribution in [2.75, 3.05) is 0 Å². The Morgan fingerprint density at radius 1 is 1.19 bits per heavy atom. The number of halogens is 1. The van der Waals surface area contributed by atoms with Crippen molar-refractivity contribution in [1.82, 2.24) is 9.88 Å². The van der Waals surface area contributed by atoms with Crippen molar-refractivity contribution in [3.63, 3.8) is 0 Å². The molecule has 2 saturated carbocycles. The molecule has 21 heavy (non-hydrogen) atoms. The van der Waals surface area contributed by atoms with Gasteiger partial charge in [0.05, 0.1) is 5.56 Å². The van der Waals surface area contributed by atoms with E-state index in [0.29, 0.717) is 22.8 Å². The van der Waals surface area contributed by atoms with Crippen molar-refractivity contribution in [2.24, 2.45) is 5.92 Å². The van der Waals surface area contributed by atoms with E-state index in [0.717, 1.165) is 31.6 Å². The molecule has 1 heterocycles. The minimum Gasteiger partial charge on any atom is -0.333 e. The quantitative estimate of drug-likeness (QED) is 0.777. The second-order valence-electron chi connectivity index (χ2n) is 6.40. The number of rotatable bonds is 4. The van der Waals surface area contributed by atoms with Crippen LogP contribution in [0.2, 0.25) is 5.15 Å². The summed E-state index contributed by atoms with van der Waals surface area (Å²) in [6, 6.07) is 4.37. The maximum Gasteiger partial charge on any atom is 0.255 e. The molecule has 0 saturated heterocycles. The van der Waals surface area contributed by atoms with E-state index >= 15 is 0 Å². The maximum atomic E-state index is 12.8. The molecule has 0 bridgehead atoms. The van der Waals surface area contributed by atoms with Crippen molar-refractivity contribution >= 4 is 17.5 Å². The summed E-state index contributed by atoms with van der Waals surface area (Å²) in [7, 11) is 0. The summed E-state index contributed by atoms with van der Waals surface area (Å²) in [6.45, 7) is 2.27. The predicted molar refractivity (Wildman–Crippen MR) is 84.5 cm³/mol. The first kappa shape index (κ1) is 14.8. The van der Waals surface area contributed by atoms with E-state index < -0.39 is 0 Å². The van der Waals surface area contributed by atoms with Crippen LogP contribution in [0, 0.1) is 5.92 Å². The molecule has 114 valence electrons. The molecule has 1 amide bonds. The third kappa shape index (κ3) is 3.39.